The fourth-order valence-corrected chi connectivity index (χ4v) is 2.11. The topological polar surface area (TPSA) is 17.8 Å². The molecule has 0 saturated heterocycles. The van der Waals surface area contributed by atoms with Crippen molar-refractivity contribution in [2.45, 2.75) is 39.5 Å². The SMILES string of the molecule is CCc1cc(-c2ccc(C(C)(C)C)cc2)n(C)n1. The van der Waals surface area contributed by atoms with E-state index >= 15 is 0 Å². The van der Waals surface area contributed by atoms with Crippen LogP contribution >= 0.6 is 0 Å². The van der Waals surface area contributed by atoms with Crippen LogP contribution in [0.25, 0.3) is 11.3 Å². The maximum atomic E-state index is 4.49. The van der Waals surface area contributed by atoms with Crippen LogP contribution in [0.2, 0.25) is 0 Å². The van der Waals surface area contributed by atoms with Gasteiger partial charge >= 0.3 is 0 Å². The third kappa shape index (κ3) is 2.47. The second-order valence-electron chi connectivity index (χ2n) is 5.83. The van der Waals surface area contributed by atoms with Gasteiger partial charge in [-0.05, 0) is 29.0 Å². The molecule has 0 bridgehead atoms. The van der Waals surface area contributed by atoms with E-state index < -0.39 is 0 Å². The van der Waals surface area contributed by atoms with Gasteiger partial charge in [-0.15, -0.1) is 0 Å². The smallest absolute Gasteiger partial charge is 0.0681 e. The van der Waals surface area contributed by atoms with Gasteiger partial charge in [-0.25, -0.2) is 0 Å². The molecule has 0 N–H and O–H groups in total. The van der Waals surface area contributed by atoms with Crippen molar-refractivity contribution < 1.29 is 0 Å². The van der Waals surface area contributed by atoms with Gasteiger partial charge in [0.15, 0.2) is 0 Å². The summed E-state index contributed by atoms with van der Waals surface area (Å²) >= 11 is 0. The second kappa shape index (κ2) is 4.60. The largest absolute Gasteiger partial charge is 0.268 e. The van der Waals surface area contributed by atoms with Crippen LogP contribution in [0.5, 0.6) is 0 Å². The Morgan fingerprint density at radius 2 is 1.72 bits per heavy atom. The predicted molar refractivity (Wildman–Crippen MR) is 76.7 cm³/mol. The second-order valence-corrected chi connectivity index (χ2v) is 5.83. The highest BCUT2D eigenvalue weighted by atomic mass is 15.3. The summed E-state index contributed by atoms with van der Waals surface area (Å²) in [5.74, 6) is 0. The van der Waals surface area contributed by atoms with Crippen LogP contribution in [0.3, 0.4) is 0 Å². The zero-order chi connectivity index (χ0) is 13.3. The molecular weight excluding hydrogens is 220 g/mol. The molecule has 2 aromatic rings. The van der Waals surface area contributed by atoms with E-state index in [4.69, 9.17) is 0 Å². The molecular formula is C16H22N2. The molecule has 0 atom stereocenters. The summed E-state index contributed by atoms with van der Waals surface area (Å²) in [5, 5.41) is 4.49. The van der Waals surface area contributed by atoms with Gasteiger partial charge in [0.1, 0.15) is 0 Å². The van der Waals surface area contributed by atoms with E-state index in [0.717, 1.165) is 12.1 Å². The molecule has 0 spiro atoms. The van der Waals surface area contributed by atoms with Crippen molar-refractivity contribution in [1.82, 2.24) is 9.78 Å². The Morgan fingerprint density at radius 3 is 2.17 bits per heavy atom. The molecule has 2 heteroatoms. The van der Waals surface area contributed by atoms with Gasteiger partial charge in [0.05, 0.1) is 11.4 Å². The van der Waals surface area contributed by atoms with Gasteiger partial charge < -0.3 is 0 Å². The minimum Gasteiger partial charge on any atom is -0.268 e. The average molecular weight is 242 g/mol. The molecule has 0 radical (unpaired) electrons. The molecule has 1 heterocycles. The molecule has 0 saturated carbocycles. The van der Waals surface area contributed by atoms with Gasteiger partial charge in [0.2, 0.25) is 0 Å². The van der Waals surface area contributed by atoms with Crippen LogP contribution in [0, 0.1) is 0 Å². The molecule has 1 aromatic carbocycles. The summed E-state index contributed by atoms with van der Waals surface area (Å²) in [6.07, 6.45) is 0.980. The first-order valence-corrected chi connectivity index (χ1v) is 6.55. The highest BCUT2D eigenvalue weighted by Gasteiger charge is 2.13. The van der Waals surface area contributed by atoms with Gasteiger partial charge in [0, 0.05) is 7.05 Å². The summed E-state index contributed by atoms with van der Waals surface area (Å²) in [7, 11) is 2.01. The summed E-state index contributed by atoms with van der Waals surface area (Å²) in [5.41, 5.74) is 5.14. The van der Waals surface area contributed by atoms with Gasteiger partial charge in [0.25, 0.3) is 0 Å². The minimum absolute atomic E-state index is 0.208. The Bertz CT molecular complexity index is 527. The number of hydrogen-bond donors (Lipinski definition) is 0. The molecule has 18 heavy (non-hydrogen) atoms. The van der Waals surface area contributed by atoms with Crippen molar-refractivity contribution in [3.05, 3.63) is 41.6 Å². The predicted octanol–water partition coefficient (Wildman–Crippen LogP) is 3.95. The Kier molecular flexibility index (Phi) is 3.29. The fourth-order valence-electron chi connectivity index (χ4n) is 2.11. The zero-order valence-corrected chi connectivity index (χ0v) is 12.0. The van der Waals surface area contributed by atoms with Crippen LogP contribution in [-0.4, -0.2) is 9.78 Å². The summed E-state index contributed by atoms with van der Waals surface area (Å²) in [6, 6.07) is 11.0. The molecule has 0 amide bonds. The normalized spacial score (nSPS) is 11.8. The van der Waals surface area contributed by atoms with Crippen molar-refractivity contribution >= 4 is 0 Å². The van der Waals surface area contributed by atoms with E-state index in [0.29, 0.717) is 0 Å². The molecule has 96 valence electrons. The lowest BCUT2D eigenvalue weighted by Gasteiger charge is -2.19. The number of rotatable bonds is 2. The highest BCUT2D eigenvalue weighted by molar-refractivity contribution is 5.60. The van der Waals surface area contributed by atoms with Crippen LogP contribution in [0.1, 0.15) is 39.0 Å². The summed E-state index contributed by atoms with van der Waals surface area (Å²) in [6.45, 7) is 8.85. The lowest BCUT2D eigenvalue weighted by molar-refractivity contribution is 0.590. The molecule has 0 aliphatic heterocycles. The van der Waals surface area contributed by atoms with Crippen molar-refractivity contribution in [2.75, 3.05) is 0 Å². The Morgan fingerprint density at radius 1 is 1.11 bits per heavy atom. The third-order valence-electron chi connectivity index (χ3n) is 3.34. The summed E-state index contributed by atoms with van der Waals surface area (Å²) < 4.78 is 1.96. The Labute approximate surface area is 110 Å². The van der Waals surface area contributed by atoms with Crippen LogP contribution in [0.4, 0.5) is 0 Å². The van der Waals surface area contributed by atoms with E-state index in [2.05, 4.69) is 63.1 Å². The van der Waals surface area contributed by atoms with Crippen LogP contribution in [0.15, 0.2) is 30.3 Å². The van der Waals surface area contributed by atoms with E-state index in [9.17, 15) is 0 Å². The molecule has 2 rings (SSSR count). The molecule has 2 nitrogen and oxygen atoms in total. The first-order chi connectivity index (χ1) is 8.41. The molecule has 0 unspecified atom stereocenters. The molecule has 1 aromatic heterocycles. The van der Waals surface area contributed by atoms with Gasteiger partial charge in [-0.2, -0.15) is 5.10 Å². The summed E-state index contributed by atoms with van der Waals surface area (Å²) in [4.78, 5) is 0. The maximum Gasteiger partial charge on any atom is 0.0681 e. The van der Waals surface area contributed by atoms with Crippen molar-refractivity contribution in [2.24, 2.45) is 7.05 Å². The Balaban J connectivity index is 2.37. The lowest BCUT2D eigenvalue weighted by atomic mass is 9.86. The van der Waals surface area contributed by atoms with E-state index in [1.807, 2.05) is 11.7 Å². The van der Waals surface area contributed by atoms with Crippen molar-refractivity contribution in [1.29, 1.82) is 0 Å². The zero-order valence-electron chi connectivity index (χ0n) is 12.0. The third-order valence-corrected chi connectivity index (χ3v) is 3.34. The average Bonchev–Trinajstić information content (AvgIpc) is 2.70. The molecule has 0 fully saturated rings. The number of aromatic nitrogens is 2. The van der Waals surface area contributed by atoms with E-state index in [1.165, 1.54) is 16.8 Å². The van der Waals surface area contributed by atoms with E-state index in [-0.39, 0.29) is 5.41 Å². The quantitative estimate of drug-likeness (QED) is 0.779. The van der Waals surface area contributed by atoms with Crippen LogP contribution in [-0.2, 0) is 18.9 Å². The molecule has 0 aliphatic carbocycles. The fraction of sp³-hybridized carbons (Fsp3) is 0.438. The minimum atomic E-state index is 0.208. The number of aryl methyl sites for hydroxylation is 2. The monoisotopic (exact) mass is 242 g/mol. The number of nitrogens with zero attached hydrogens (tertiary/aromatic N) is 2. The number of hydrogen-bond acceptors (Lipinski definition) is 1. The van der Waals surface area contributed by atoms with Gasteiger partial charge in [-0.1, -0.05) is 52.0 Å². The Hall–Kier alpha value is -1.57. The van der Waals surface area contributed by atoms with Gasteiger partial charge in [-0.3, -0.25) is 4.68 Å². The van der Waals surface area contributed by atoms with Crippen molar-refractivity contribution in [3.63, 3.8) is 0 Å². The lowest BCUT2D eigenvalue weighted by Crippen LogP contribution is -2.10. The maximum absolute atomic E-state index is 4.49. The standard InChI is InChI=1S/C16H22N2/c1-6-14-11-15(18(5)17-14)12-7-9-13(10-8-12)16(2,3)4/h7-11H,6H2,1-5H3. The van der Waals surface area contributed by atoms with Crippen molar-refractivity contribution in [3.8, 4) is 11.3 Å². The number of benzene rings is 1. The first-order valence-electron chi connectivity index (χ1n) is 6.55. The first kappa shape index (κ1) is 12.9. The van der Waals surface area contributed by atoms with Crippen LogP contribution < -0.4 is 0 Å². The van der Waals surface area contributed by atoms with E-state index in [1.54, 1.807) is 0 Å². The molecule has 0 aliphatic rings. The highest BCUT2D eigenvalue weighted by Crippen LogP contribution is 2.26.